The number of rotatable bonds is 5. The van der Waals surface area contributed by atoms with Crippen molar-refractivity contribution in [1.29, 1.82) is 0 Å². The maximum Gasteiger partial charge on any atom is 0.251 e. The Bertz CT molecular complexity index is 414. The fourth-order valence-corrected chi connectivity index (χ4v) is 1.99. The molecule has 1 aromatic heterocycles. The van der Waals surface area contributed by atoms with Gasteiger partial charge in [-0.2, -0.15) is 0 Å². The van der Waals surface area contributed by atoms with Crippen LogP contribution in [0.1, 0.15) is 35.3 Å². The molecule has 0 atom stereocenters. The summed E-state index contributed by atoms with van der Waals surface area (Å²) in [6, 6.07) is 3.49. The van der Waals surface area contributed by atoms with E-state index in [4.69, 9.17) is 5.11 Å². The Labute approximate surface area is 101 Å². The lowest BCUT2D eigenvalue weighted by Crippen LogP contribution is -2.30. The number of aliphatic hydroxyl groups is 1. The van der Waals surface area contributed by atoms with Crippen LogP contribution >= 0.6 is 0 Å². The van der Waals surface area contributed by atoms with Gasteiger partial charge in [-0.15, -0.1) is 0 Å². The molecule has 0 bridgehead atoms. The Morgan fingerprint density at radius 2 is 2.35 bits per heavy atom. The number of aliphatic hydroxyl groups excluding tert-OH is 1. The summed E-state index contributed by atoms with van der Waals surface area (Å²) in [7, 11) is 0. The Balaban J connectivity index is 1.90. The lowest BCUT2D eigenvalue weighted by Gasteiger charge is -2.14. The summed E-state index contributed by atoms with van der Waals surface area (Å²) in [5, 5.41) is 11.9. The van der Waals surface area contributed by atoms with Crippen molar-refractivity contribution in [2.75, 3.05) is 13.2 Å². The van der Waals surface area contributed by atoms with Crippen molar-refractivity contribution in [1.82, 2.24) is 10.3 Å². The van der Waals surface area contributed by atoms with Gasteiger partial charge in [-0.3, -0.25) is 9.78 Å². The zero-order valence-corrected chi connectivity index (χ0v) is 10.1. The summed E-state index contributed by atoms with van der Waals surface area (Å²) < 4.78 is 0. The zero-order chi connectivity index (χ0) is 12.3. The zero-order valence-electron chi connectivity index (χ0n) is 10.1. The smallest absolute Gasteiger partial charge is 0.251 e. The van der Waals surface area contributed by atoms with Crippen molar-refractivity contribution in [3.63, 3.8) is 0 Å². The highest BCUT2D eigenvalue weighted by Crippen LogP contribution is 2.47. The van der Waals surface area contributed by atoms with Gasteiger partial charge in [0.05, 0.1) is 0 Å². The minimum absolute atomic E-state index is 0.0558. The molecule has 1 aliphatic carbocycles. The third kappa shape index (κ3) is 3.03. The van der Waals surface area contributed by atoms with Gasteiger partial charge in [0, 0.05) is 30.6 Å². The SMILES string of the molecule is Cc1cc(C(=O)NCC2(CCO)CC2)ccn1. The molecule has 1 aliphatic rings. The fourth-order valence-electron chi connectivity index (χ4n) is 1.99. The Morgan fingerprint density at radius 3 is 2.94 bits per heavy atom. The molecular weight excluding hydrogens is 216 g/mol. The van der Waals surface area contributed by atoms with Crippen LogP contribution in [0.3, 0.4) is 0 Å². The molecule has 0 radical (unpaired) electrons. The first kappa shape index (κ1) is 12.0. The van der Waals surface area contributed by atoms with Crippen LogP contribution in [0.4, 0.5) is 0 Å². The van der Waals surface area contributed by atoms with Gasteiger partial charge in [0.1, 0.15) is 0 Å². The van der Waals surface area contributed by atoms with Crippen molar-refractivity contribution in [2.45, 2.75) is 26.2 Å². The maximum absolute atomic E-state index is 11.9. The van der Waals surface area contributed by atoms with Gasteiger partial charge in [0.2, 0.25) is 0 Å². The van der Waals surface area contributed by atoms with Crippen molar-refractivity contribution in [3.8, 4) is 0 Å². The number of nitrogens with zero attached hydrogens (tertiary/aromatic N) is 1. The third-order valence-electron chi connectivity index (χ3n) is 3.38. The van der Waals surface area contributed by atoms with E-state index in [2.05, 4.69) is 10.3 Å². The van der Waals surface area contributed by atoms with Crippen LogP contribution in [0.25, 0.3) is 0 Å². The maximum atomic E-state index is 11.9. The van der Waals surface area contributed by atoms with E-state index in [9.17, 15) is 4.79 Å². The molecule has 17 heavy (non-hydrogen) atoms. The molecule has 2 N–H and O–H groups in total. The lowest BCUT2D eigenvalue weighted by atomic mass is 10.0. The molecule has 0 saturated heterocycles. The highest BCUT2D eigenvalue weighted by atomic mass is 16.3. The molecule has 0 aromatic carbocycles. The summed E-state index contributed by atoms with van der Waals surface area (Å²) in [5.74, 6) is -0.0558. The molecule has 2 rings (SSSR count). The summed E-state index contributed by atoms with van der Waals surface area (Å²) >= 11 is 0. The van der Waals surface area contributed by atoms with Gasteiger partial charge in [-0.1, -0.05) is 0 Å². The molecule has 0 aliphatic heterocycles. The second kappa shape index (κ2) is 4.84. The van der Waals surface area contributed by atoms with E-state index in [0.29, 0.717) is 12.1 Å². The van der Waals surface area contributed by atoms with Crippen molar-refractivity contribution < 1.29 is 9.90 Å². The van der Waals surface area contributed by atoms with Gasteiger partial charge in [0.25, 0.3) is 5.91 Å². The molecule has 1 aromatic rings. The van der Waals surface area contributed by atoms with E-state index < -0.39 is 0 Å². The number of carbonyl (C=O) groups is 1. The first-order valence-corrected chi connectivity index (χ1v) is 5.97. The monoisotopic (exact) mass is 234 g/mol. The van der Waals surface area contributed by atoms with Crippen LogP contribution in [0.2, 0.25) is 0 Å². The van der Waals surface area contributed by atoms with E-state index in [1.54, 1.807) is 18.3 Å². The number of amides is 1. The highest BCUT2D eigenvalue weighted by molar-refractivity contribution is 5.94. The summed E-state index contributed by atoms with van der Waals surface area (Å²) in [4.78, 5) is 15.9. The minimum Gasteiger partial charge on any atom is -0.396 e. The Kier molecular flexibility index (Phi) is 3.43. The predicted octanol–water partition coefficient (Wildman–Crippen LogP) is 1.28. The first-order chi connectivity index (χ1) is 8.15. The molecular formula is C13H18N2O2. The van der Waals surface area contributed by atoms with Gasteiger partial charge in [-0.05, 0) is 43.7 Å². The topological polar surface area (TPSA) is 62.2 Å². The van der Waals surface area contributed by atoms with E-state index in [1.807, 2.05) is 6.92 Å². The van der Waals surface area contributed by atoms with Crippen LogP contribution in [0.5, 0.6) is 0 Å². The number of aryl methyl sites for hydroxylation is 1. The average Bonchev–Trinajstić information content (AvgIpc) is 3.07. The van der Waals surface area contributed by atoms with Crippen LogP contribution in [0, 0.1) is 12.3 Å². The lowest BCUT2D eigenvalue weighted by molar-refractivity contribution is 0.0940. The normalized spacial score (nSPS) is 16.6. The molecule has 1 fully saturated rings. The van der Waals surface area contributed by atoms with Crippen LogP contribution in [-0.2, 0) is 0 Å². The minimum atomic E-state index is -0.0558. The molecule has 1 saturated carbocycles. The summed E-state index contributed by atoms with van der Waals surface area (Å²) in [6.45, 7) is 2.73. The molecule has 0 unspecified atom stereocenters. The second-order valence-electron chi connectivity index (χ2n) is 4.84. The van der Waals surface area contributed by atoms with E-state index in [0.717, 1.165) is 25.0 Å². The number of hydrogen-bond donors (Lipinski definition) is 2. The fraction of sp³-hybridized carbons (Fsp3) is 0.538. The third-order valence-corrected chi connectivity index (χ3v) is 3.38. The summed E-state index contributed by atoms with van der Waals surface area (Å²) in [5.41, 5.74) is 1.65. The number of pyridine rings is 1. The van der Waals surface area contributed by atoms with Gasteiger partial charge < -0.3 is 10.4 Å². The van der Waals surface area contributed by atoms with Gasteiger partial charge in [0.15, 0.2) is 0 Å². The first-order valence-electron chi connectivity index (χ1n) is 5.97. The van der Waals surface area contributed by atoms with Crippen molar-refractivity contribution in [3.05, 3.63) is 29.6 Å². The standard InChI is InChI=1S/C13H18N2O2/c1-10-8-11(2-6-14-10)12(17)15-9-13(3-4-13)5-7-16/h2,6,8,16H,3-5,7,9H2,1H3,(H,15,17). The molecule has 0 spiro atoms. The molecule has 1 heterocycles. The van der Waals surface area contributed by atoms with E-state index >= 15 is 0 Å². The molecule has 4 nitrogen and oxygen atoms in total. The number of hydrogen-bond acceptors (Lipinski definition) is 3. The number of nitrogens with one attached hydrogen (secondary N) is 1. The molecule has 92 valence electrons. The second-order valence-corrected chi connectivity index (χ2v) is 4.84. The summed E-state index contributed by atoms with van der Waals surface area (Å²) in [6.07, 6.45) is 4.62. The largest absolute Gasteiger partial charge is 0.396 e. The number of aromatic nitrogens is 1. The number of carbonyl (C=O) groups excluding carboxylic acids is 1. The average molecular weight is 234 g/mol. The van der Waals surface area contributed by atoms with Crippen molar-refractivity contribution in [2.24, 2.45) is 5.41 Å². The van der Waals surface area contributed by atoms with Gasteiger partial charge in [-0.25, -0.2) is 0 Å². The Hall–Kier alpha value is -1.42. The van der Waals surface area contributed by atoms with Crippen molar-refractivity contribution >= 4 is 5.91 Å². The van der Waals surface area contributed by atoms with Gasteiger partial charge >= 0.3 is 0 Å². The molecule has 1 amide bonds. The van der Waals surface area contributed by atoms with E-state index in [1.165, 1.54) is 0 Å². The predicted molar refractivity (Wildman–Crippen MR) is 64.7 cm³/mol. The highest BCUT2D eigenvalue weighted by Gasteiger charge is 2.41. The van der Waals surface area contributed by atoms with Crippen LogP contribution in [-0.4, -0.2) is 29.1 Å². The molecule has 4 heteroatoms. The van der Waals surface area contributed by atoms with Crippen LogP contribution in [0.15, 0.2) is 18.3 Å². The van der Waals surface area contributed by atoms with E-state index in [-0.39, 0.29) is 17.9 Å². The quantitative estimate of drug-likeness (QED) is 0.806. The van der Waals surface area contributed by atoms with Crippen LogP contribution < -0.4 is 5.32 Å². The Morgan fingerprint density at radius 1 is 1.59 bits per heavy atom.